The van der Waals surface area contributed by atoms with E-state index < -0.39 is 0 Å². The molecule has 0 aliphatic heterocycles. The van der Waals surface area contributed by atoms with Crippen LogP contribution >= 0.6 is 15.9 Å². The van der Waals surface area contributed by atoms with Gasteiger partial charge in [0.25, 0.3) is 0 Å². The minimum absolute atomic E-state index is 0.255. The highest BCUT2D eigenvalue weighted by molar-refractivity contribution is 9.10. The normalized spacial score (nSPS) is 15.9. The third-order valence-electron chi connectivity index (χ3n) is 2.63. The topological polar surface area (TPSA) is 25.8 Å². The number of hydrogen-bond acceptors (Lipinski definition) is 2. The van der Waals surface area contributed by atoms with Gasteiger partial charge in [-0.25, -0.2) is 14.4 Å². The fraction of sp³-hybridized carbons (Fsp3) is 0.273. The molecule has 4 heteroatoms. The first-order valence-corrected chi connectivity index (χ1v) is 5.66. The predicted molar refractivity (Wildman–Crippen MR) is 59.2 cm³/mol. The molecule has 1 fully saturated rings. The Bertz CT molecular complexity index is 532. The highest BCUT2D eigenvalue weighted by atomic mass is 79.9. The molecule has 0 bridgehead atoms. The quantitative estimate of drug-likeness (QED) is 0.740. The fourth-order valence-electron chi connectivity index (χ4n) is 1.77. The van der Waals surface area contributed by atoms with Crippen LogP contribution in [0.15, 0.2) is 22.9 Å². The van der Waals surface area contributed by atoms with Crippen molar-refractivity contribution in [2.24, 2.45) is 0 Å². The predicted octanol–water partition coefficient (Wildman–Crippen LogP) is 3.41. The van der Waals surface area contributed by atoms with E-state index in [0.29, 0.717) is 16.2 Å². The highest BCUT2D eigenvalue weighted by Gasteiger charge is 2.27. The number of aromatic nitrogens is 2. The number of benzene rings is 1. The zero-order chi connectivity index (χ0) is 10.4. The Morgan fingerprint density at radius 3 is 2.80 bits per heavy atom. The second-order valence-electron chi connectivity index (χ2n) is 3.81. The molecule has 3 rings (SSSR count). The van der Waals surface area contributed by atoms with Crippen LogP contribution in [0.25, 0.3) is 10.9 Å². The number of hydrogen-bond donors (Lipinski definition) is 0. The summed E-state index contributed by atoms with van der Waals surface area (Å²) in [6.45, 7) is 0. The summed E-state index contributed by atoms with van der Waals surface area (Å²) < 4.78 is 13.6. The van der Waals surface area contributed by atoms with Gasteiger partial charge in [0.05, 0.1) is 11.2 Å². The van der Waals surface area contributed by atoms with Crippen molar-refractivity contribution in [1.29, 1.82) is 0 Å². The van der Waals surface area contributed by atoms with Gasteiger partial charge in [0.2, 0.25) is 0 Å². The van der Waals surface area contributed by atoms with Gasteiger partial charge in [-0.3, -0.25) is 0 Å². The summed E-state index contributed by atoms with van der Waals surface area (Å²) in [6.07, 6.45) is 2.35. The lowest BCUT2D eigenvalue weighted by molar-refractivity contribution is 0.629. The molecule has 76 valence electrons. The molecule has 0 radical (unpaired) electrons. The van der Waals surface area contributed by atoms with Crippen molar-refractivity contribution in [2.75, 3.05) is 0 Å². The molecule has 1 aromatic heterocycles. The molecule has 0 spiro atoms. The molecule has 2 nitrogen and oxygen atoms in total. The second-order valence-corrected chi connectivity index (χ2v) is 4.52. The van der Waals surface area contributed by atoms with Gasteiger partial charge in [-0.05, 0) is 40.9 Å². The van der Waals surface area contributed by atoms with Gasteiger partial charge in [-0.2, -0.15) is 0 Å². The van der Waals surface area contributed by atoms with E-state index in [-0.39, 0.29) is 5.82 Å². The van der Waals surface area contributed by atoms with Crippen molar-refractivity contribution >= 4 is 26.8 Å². The summed E-state index contributed by atoms with van der Waals surface area (Å²) in [5, 5.41) is 0.974. The van der Waals surface area contributed by atoms with E-state index in [9.17, 15) is 4.39 Å². The molecular weight excluding hydrogens is 259 g/mol. The van der Waals surface area contributed by atoms with Crippen molar-refractivity contribution < 1.29 is 4.39 Å². The fourth-order valence-corrected chi connectivity index (χ4v) is 2.15. The Morgan fingerprint density at radius 1 is 1.27 bits per heavy atom. The van der Waals surface area contributed by atoms with Crippen molar-refractivity contribution in [2.45, 2.75) is 18.8 Å². The average molecular weight is 267 g/mol. The van der Waals surface area contributed by atoms with Gasteiger partial charge in [0.1, 0.15) is 5.82 Å². The third kappa shape index (κ3) is 1.63. The van der Waals surface area contributed by atoms with Crippen LogP contribution in [-0.2, 0) is 0 Å². The Kier molecular flexibility index (Phi) is 1.99. The average Bonchev–Trinajstić information content (AvgIpc) is 2.98. The highest BCUT2D eigenvalue weighted by Crippen LogP contribution is 2.42. The molecule has 1 heterocycles. The summed E-state index contributed by atoms with van der Waals surface area (Å²) in [5.74, 6) is 0.284. The van der Waals surface area contributed by atoms with Crippen LogP contribution in [-0.4, -0.2) is 9.97 Å². The van der Waals surface area contributed by atoms with E-state index in [1.807, 2.05) is 0 Å². The Balaban J connectivity index is 2.33. The van der Waals surface area contributed by atoms with Crippen LogP contribution in [0.2, 0.25) is 0 Å². The van der Waals surface area contributed by atoms with Crippen LogP contribution < -0.4 is 0 Å². The molecule has 1 saturated carbocycles. The molecule has 1 aliphatic rings. The summed E-state index contributed by atoms with van der Waals surface area (Å²) in [4.78, 5) is 8.55. The molecule has 0 amide bonds. The lowest BCUT2D eigenvalue weighted by atomic mass is 10.1. The van der Waals surface area contributed by atoms with E-state index in [1.54, 1.807) is 6.07 Å². The molecule has 0 saturated heterocycles. The molecule has 2 aromatic rings. The van der Waals surface area contributed by atoms with E-state index in [2.05, 4.69) is 25.9 Å². The van der Waals surface area contributed by atoms with Crippen LogP contribution in [0, 0.1) is 5.82 Å². The zero-order valence-electron chi connectivity index (χ0n) is 7.87. The van der Waals surface area contributed by atoms with Gasteiger partial charge >= 0.3 is 0 Å². The summed E-state index contributed by atoms with van der Waals surface area (Å²) in [6, 6.07) is 4.68. The van der Waals surface area contributed by atoms with Crippen LogP contribution in [0.3, 0.4) is 0 Å². The van der Waals surface area contributed by atoms with Crippen molar-refractivity contribution in [3.05, 3.63) is 34.4 Å². The maximum Gasteiger partial charge on any atom is 0.197 e. The first-order valence-electron chi connectivity index (χ1n) is 4.87. The molecular formula is C11H8BrFN2. The van der Waals surface area contributed by atoms with E-state index in [1.165, 1.54) is 25.0 Å². The molecule has 0 atom stereocenters. The molecule has 15 heavy (non-hydrogen) atoms. The first kappa shape index (κ1) is 9.21. The Morgan fingerprint density at radius 2 is 2.07 bits per heavy atom. The summed E-state index contributed by atoms with van der Waals surface area (Å²) >= 11 is 3.26. The largest absolute Gasteiger partial charge is 0.226 e. The SMILES string of the molecule is Fc1ccc2c(C3CC3)nc(Br)nc2c1. The van der Waals surface area contributed by atoms with E-state index in [0.717, 1.165) is 11.1 Å². The maximum atomic E-state index is 13.0. The molecule has 1 aromatic carbocycles. The first-order chi connectivity index (χ1) is 7.24. The minimum atomic E-state index is -0.255. The van der Waals surface area contributed by atoms with Crippen LogP contribution in [0.5, 0.6) is 0 Å². The molecule has 0 N–H and O–H groups in total. The van der Waals surface area contributed by atoms with Gasteiger partial charge in [0.15, 0.2) is 4.73 Å². The van der Waals surface area contributed by atoms with Crippen LogP contribution in [0.1, 0.15) is 24.5 Å². The summed E-state index contributed by atoms with van der Waals surface area (Å²) in [7, 11) is 0. The standard InChI is InChI=1S/C11H8BrFN2/c12-11-14-9-5-7(13)3-4-8(9)10(15-11)6-1-2-6/h3-6H,1-2H2. The minimum Gasteiger partial charge on any atom is -0.226 e. The number of fused-ring (bicyclic) bond motifs is 1. The number of nitrogens with zero attached hydrogens (tertiary/aromatic N) is 2. The van der Waals surface area contributed by atoms with Gasteiger partial charge in [0, 0.05) is 17.4 Å². The van der Waals surface area contributed by atoms with Crippen molar-refractivity contribution in [1.82, 2.24) is 9.97 Å². The number of rotatable bonds is 1. The lowest BCUT2D eigenvalue weighted by Crippen LogP contribution is -1.94. The monoisotopic (exact) mass is 266 g/mol. The number of halogens is 2. The summed E-state index contributed by atoms with van der Waals surface area (Å²) in [5.41, 5.74) is 1.73. The Hall–Kier alpha value is -1.03. The maximum absolute atomic E-state index is 13.0. The van der Waals surface area contributed by atoms with Crippen molar-refractivity contribution in [3.63, 3.8) is 0 Å². The van der Waals surface area contributed by atoms with Crippen molar-refractivity contribution in [3.8, 4) is 0 Å². The van der Waals surface area contributed by atoms with Gasteiger partial charge in [-0.15, -0.1) is 0 Å². The molecule has 1 aliphatic carbocycles. The lowest BCUT2D eigenvalue weighted by Gasteiger charge is -2.04. The second kappa shape index (κ2) is 3.23. The smallest absolute Gasteiger partial charge is 0.197 e. The zero-order valence-corrected chi connectivity index (χ0v) is 9.46. The van der Waals surface area contributed by atoms with E-state index in [4.69, 9.17) is 0 Å². The molecule has 0 unspecified atom stereocenters. The third-order valence-corrected chi connectivity index (χ3v) is 2.98. The van der Waals surface area contributed by atoms with Crippen LogP contribution in [0.4, 0.5) is 4.39 Å². The Labute approximate surface area is 94.7 Å². The van der Waals surface area contributed by atoms with Gasteiger partial charge < -0.3 is 0 Å². The van der Waals surface area contributed by atoms with Gasteiger partial charge in [-0.1, -0.05) is 0 Å². The van der Waals surface area contributed by atoms with E-state index >= 15 is 0 Å².